The molecule has 12 heteroatoms. The van der Waals surface area contributed by atoms with Gasteiger partial charge >= 0.3 is 0 Å². The minimum absolute atomic E-state index is 0.196. The molecule has 1 fully saturated rings. The van der Waals surface area contributed by atoms with Crippen LogP contribution in [0.4, 0.5) is 5.82 Å². The number of piperidine rings is 1. The molecule has 2 aromatic heterocycles. The molecule has 0 saturated carbocycles. The van der Waals surface area contributed by atoms with Crippen molar-refractivity contribution in [2.45, 2.75) is 37.2 Å². The smallest absolute Gasteiger partial charge is 0.255 e. The number of hydrogen-bond acceptors (Lipinski definition) is 10. The molecular formula is C38H37N5O5S2. The molecule has 256 valence electrons. The summed E-state index contributed by atoms with van der Waals surface area (Å²) in [6.45, 7) is 3.85. The minimum Gasteiger partial charge on any atom is -0.491 e. The molecule has 50 heavy (non-hydrogen) atoms. The van der Waals surface area contributed by atoms with Gasteiger partial charge in [-0.3, -0.25) is 19.7 Å². The van der Waals surface area contributed by atoms with Crippen molar-refractivity contribution in [2.75, 3.05) is 44.6 Å². The fourth-order valence-corrected chi connectivity index (χ4v) is 8.17. The van der Waals surface area contributed by atoms with Crippen molar-refractivity contribution >= 4 is 56.9 Å². The number of hydrogen-bond donors (Lipinski definition) is 1. The number of carbonyl (C=O) groups is 3. The maximum atomic E-state index is 12.9. The van der Waals surface area contributed by atoms with Crippen LogP contribution in [0.1, 0.15) is 34.3 Å². The molecule has 0 bridgehead atoms. The lowest BCUT2D eigenvalue weighted by atomic mass is 10.0. The Bertz CT molecular complexity index is 2080. The lowest BCUT2D eigenvalue weighted by Gasteiger charge is -2.29. The van der Waals surface area contributed by atoms with Crippen molar-refractivity contribution in [3.8, 4) is 27.4 Å². The number of carbonyl (C=O) groups excluding carboxylic acids is 3. The van der Waals surface area contributed by atoms with Gasteiger partial charge in [0.05, 0.1) is 23.4 Å². The molecule has 1 unspecified atom stereocenters. The zero-order valence-corrected chi connectivity index (χ0v) is 29.7. The van der Waals surface area contributed by atoms with E-state index in [1.54, 1.807) is 35.2 Å². The van der Waals surface area contributed by atoms with Crippen molar-refractivity contribution in [1.29, 1.82) is 0 Å². The highest BCUT2D eigenvalue weighted by atomic mass is 32.2. The molecule has 1 atom stereocenters. The summed E-state index contributed by atoms with van der Waals surface area (Å²) in [6.07, 6.45) is 2.49. The molecule has 0 aliphatic carbocycles. The minimum atomic E-state index is -0.631. The van der Waals surface area contributed by atoms with Gasteiger partial charge in [0.2, 0.25) is 11.8 Å². The number of imide groups is 1. The van der Waals surface area contributed by atoms with Gasteiger partial charge < -0.3 is 19.3 Å². The Morgan fingerprint density at radius 1 is 0.960 bits per heavy atom. The Hall–Kier alpha value is -4.78. The summed E-state index contributed by atoms with van der Waals surface area (Å²) >= 11 is 3.45. The first-order valence-electron chi connectivity index (χ1n) is 16.5. The zero-order valence-electron chi connectivity index (χ0n) is 28.1. The lowest BCUT2D eigenvalue weighted by Crippen LogP contribution is -2.52. The highest BCUT2D eigenvalue weighted by molar-refractivity contribution is 7.99. The van der Waals surface area contributed by atoms with Gasteiger partial charge in [0.15, 0.2) is 0 Å². The normalized spacial score (nSPS) is 15.8. The van der Waals surface area contributed by atoms with Crippen LogP contribution in [0.5, 0.6) is 5.75 Å². The SMILES string of the molecule is Cc1cc(-c2ccc(N(C)C)nc2)ccc1-c1nc2ccc(SCCOCCOc3ccc4c(c3)CN(C3CCC(=O)NC3=O)C4=O)cc2s1. The Labute approximate surface area is 298 Å². The second-order valence-electron chi connectivity index (χ2n) is 12.5. The van der Waals surface area contributed by atoms with E-state index in [4.69, 9.17) is 14.5 Å². The number of fused-ring (bicyclic) bond motifs is 2. The van der Waals surface area contributed by atoms with E-state index in [0.717, 1.165) is 49.0 Å². The number of aryl methyl sites for hydroxylation is 1. The van der Waals surface area contributed by atoms with Crippen LogP contribution >= 0.6 is 23.1 Å². The number of thioether (sulfide) groups is 1. The van der Waals surface area contributed by atoms with Gasteiger partial charge in [-0.25, -0.2) is 9.97 Å². The number of benzene rings is 3. The van der Waals surface area contributed by atoms with Crippen molar-refractivity contribution in [3.05, 3.63) is 89.6 Å². The van der Waals surface area contributed by atoms with Crippen LogP contribution in [-0.4, -0.2) is 78.3 Å². The molecule has 10 nitrogen and oxygen atoms in total. The number of nitrogens with zero attached hydrogens (tertiary/aromatic N) is 4. The summed E-state index contributed by atoms with van der Waals surface area (Å²) < 4.78 is 12.9. The second kappa shape index (κ2) is 14.6. The first kappa shape index (κ1) is 33.7. The topological polar surface area (TPSA) is 114 Å². The quantitative estimate of drug-likeness (QED) is 0.0901. The molecule has 2 aliphatic rings. The molecule has 3 amide bonds. The van der Waals surface area contributed by atoms with Crippen molar-refractivity contribution in [1.82, 2.24) is 20.2 Å². The number of nitrogens with one attached hydrogen (secondary N) is 1. The number of pyridine rings is 1. The standard InChI is InChI=1S/C38H37N5O5S2/c1-23-18-24(25-5-12-34(39-21-25)42(2)3)4-8-29(23)37-40-31-10-7-28(20-33(31)50-37)49-17-16-47-14-15-48-27-6-9-30-26(19-27)22-43(38(30)46)32-11-13-35(44)41-36(32)45/h4-10,12,18-21,32H,11,13-17,22H2,1-3H3,(H,41,44,45). The third-order valence-corrected chi connectivity index (χ3v) is 10.9. The van der Waals surface area contributed by atoms with E-state index >= 15 is 0 Å². The molecule has 3 aromatic carbocycles. The van der Waals surface area contributed by atoms with E-state index in [1.807, 2.05) is 37.3 Å². The van der Waals surface area contributed by atoms with Crippen LogP contribution in [-0.2, 0) is 20.9 Å². The predicted octanol–water partition coefficient (Wildman–Crippen LogP) is 6.35. The highest BCUT2D eigenvalue weighted by Gasteiger charge is 2.39. The van der Waals surface area contributed by atoms with Crippen molar-refractivity contribution in [2.24, 2.45) is 0 Å². The number of rotatable bonds is 12. The molecule has 0 radical (unpaired) electrons. The van der Waals surface area contributed by atoms with Crippen LogP contribution in [0.3, 0.4) is 0 Å². The number of anilines is 1. The summed E-state index contributed by atoms with van der Waals surface area (Å²) in [5.41, 5.74) is 6.91. The molecule has 4 heterocycles. The molecule has 7 rings (SSSR count). The zero-order chi connectivity index (χ0) is 34.8. The van der Waals surface area contributed by atoms with E-state index in [9.17, 15) is 14.4 Å². The van der Waals surface area contributed by atoms with E-state index < -0.39 is 11.9 Å². The molecular weight excluding hydrogens is 671 g/mol. The van der Waals surface area contributed by atoms with Crippen molar-refractivity contribution in [3.63, 3.8) is 0 Å². The number of amides is 3. The Morgan fingerprint density at radius 3 is 2.58 bits per heavy atom. The first-order chi connectivity index (χ1) is 24.2. The Balaban J connectivity index is 0.867. The third-order valence-electron chi connectivity index (χ3n) is 8.84. The molecule has 1 N–H and O–H groups in total. The summed E-state index contributed by atoms with van der Waals surface area (Å²) in [4.78, 5) is 50.9. The van der Waals surface area contributed by atoms with Gasteiger partial charge in [-0.05, 0) is 78.6 Å². The summed E-state index contributed by atoms with van der Waals surface area (Å²) in [6, 6.07) is 21.7. The van der Waals surface area contributed by atoms with Gasteiger partial charge in [-0.15, -0.1) is 23.1 Å². The number of ether oxygens (including phenoxy) is 2. The predicted molar refractivity (Wildman–Crippen MR) is 197 cm³/mol. The molecule has 5 aromatic rings. The fourth-order valence-electron chi connectivity index (χ4n) is 6.19. The molecule has 0 spiro atoms. The van der Waals surface area contributed by atoms with Crippen LogP contribution in [0.2, 0.25) is 0 Å². The average Bonchev–Trinajstić information content (AvgIpc) is 3.67. The molecule has 1 saturated heterocycles. The second-order valence-corrected chi connectivity index (χ2v) is 14.7. The van der Waals surface area contributed by atoms with Crippen molar-refractivity contribution < 1.29 is 23.9 Å². The summed E-state index contributed by atoms with van der Waals surface area (Å²) in [7, 11) is 3.98. The van der Waals surface area contributed by atoms with Gasteiger partial charge in [0, 0.05) is 60.6 Å². The largest absolute Gasteiger partial charge is 0.491 e. The van der Waals surface area contributed by atoms with E-state index in [2.05, 4.69) is 59.7 Å². The fraction of sp³-hybridized carbons (Fsp3) is 0.289. The van der Waals surface area contributed by atoms with E-state index in [1.165, 1.54) is 15.4 Å². The van der Waals surface area contributed by atoms with E-state index in [-0.39, 0.29) is 18.2 Å². The van der Waals surface area contributed by atoms with Crippen LogP contribution in [0, 0.1) is 6.92 Å². The lowest BCUT2D eigenvalue weighted by molar-refractivity contribution is -0.136. The Kier molecular flexibility index (Phi) is 9.84. The maximum Gasteiger partial charge on any atom is 0.255 e. The van der Waals surface area contributed by atoms with Crippen LogP contribution < -0.4 is 15.0 Å². The monoisotopic (exact) mass is 707 g/mol. The average molecular weight is 708 g/mol. The van der Waals surface area contributed by atoms with Gasteiger partial charge in [-0.2, -0.15) is 0 Å². The maximum absolute atomic E-state index is 12.9. The highest BCUT2D eigenvalue weighted by Crippen LogP contribution is 2.36. The number of aromatic nitrogens is 2. The van der Waals surface area contributed by atoms with Gasteiger partial charge in [-0.1, -0.05) is 18.2 Å². The van der Waals surface area contributed by atoms with Gasteiger partial charge in [0.1, 0.15) is 29.2 Å². The summed E-state index contributed by atoms with van der Waals surface area (Å²) in [5, 5.41) is 3.34. The van der Waals surface area contributed by atoms with Crippen LogP contribution in [0.15, 0.2) is 77.8 Å². The van der Waals surface area contributed by atoms with Crippen LogP contribution in [0.25, 0.3) is 31.9 Å². The number of thiazole rings is 1. The summed E-state index contributed by atoms with van der Waals surface area (Å²) in [5.74, 6) is 1.48. The Morgan fingerprint density at radius 2 is 1.80 bits per heavy atom. The van der Waals surface area contributed by atoms with E-state index in [0.29, 0.717) is 44.1 Å². The third kappa shape index (κ3) is 7.23. The van der Waals surface area contributed by atoms with Gasteiger partial charge in [0.25, 0.3) is 5.91 Å². The first-order valence-corrected chi connectivity index (χ1v) is 18.3. The molecule has 2 aliphatic heterocycles.